The molecule has 0 spiro atoms. The Hall–Kier alpha value is 0.880. The van der Waals surface area contributed by atoms with Crippen molar-refractivity contribution in [3.8, 4) is 0 Å². The maximum absolute atomic E-state index is 13.5. The Labute approximate surface area is 337 Å². The van der Waals surface area contributed by atoms with Crippen molar-refractivity contribution >= 4 is 25.0 Å². The molecule has 0 aromatic heterocycles. The molecule has 0 heterocycles. The van der Waals surface area contributed by atoms with Crippen molar-refractivity contribution in [2.45, 2.75) is 273 Å². The van der Waals surface area contributed by atoms with Crippen LogP contribution in [0.2, 0.25) is 0 Å². The Morgan fingerprint density at radius 2 is 0.404 bits per heavy atom. The SMILES string of the molecule is CCCCCCCCP(=O)(CCCCCCCC)CCCCCCCC.CCCCCCCCP(=S)(CCCCCCCC)CCCCCCCC. The van der Waals surface area contributed by atoms with Gasteiger partial charge >= 0.3 is 0 Å². The Balaban J connectivity index is 0. The van der Waals surface area contributed by atoms with Crippen LogP contribution >= 0.6 is 13.2 Å². The summed E-state index contributed by atoms with van der Waals surface area (Å²) >= 11 is 6.32. The van der Waals surface area contributed by atoms with Gasteiger partial charge in [0.2, 0.25) is 0 Å². The van der Waals surface area contributed by atoms with Crippen LogP contribution in [0.3, 0.4) is 0 Å². The van der Waals surface area contributed by atoms with Gasteiger partial charge in [-0.15, -0.1) is 0 Å². The minimum atomic E-state index is -1.89. The van der Waals surface area contributed by atoms with Crippen LogP contribution in [0.4, 0.5) is 0 Å². The fraction of sp³-hybridized carbons (Fsp3) is 1.00. The summed E-state index contributed by atoms with van der Waals surface area (Å²) in [6.45, 7) is 13.7. The van der Waals surface area contributed by atoms with Gasteiger partial charge in [-0.3, -0.25) is 0 Å². The highest BCUT2D eigenvalue weighted by Crippen LogP contribution is 2.49. The lowest BCUT2D eigenvalue weighted by Gasteiger charge is -2.22. The van der Waals surface area contributed by atoms with Gasteiger partial charge in [-0.1, -0.05) is 246 Å². The molecule has 52 heavy (non-hydrogen) atoms. The van der Waals surface area contributed by atoms with E-state index in [-0.39, 0.29) is 0 Å². The van der Waals surface area contributed by atoms with Crippen molar-refractivity contribution in [2.24, 2.45) is 0 Å². The second-order valence-electron chi connectivity index (χ2n) is 17.1. The largest absolute Gasteiger partial charge is 0.324 e. The first-order valence-corrected chi connectivity index (χ1v) is 30.1. The zero-order valence-electron chi connectivity index (χ0n) is 37.4. The maximum Gasteiger partial charge on any atom is 0.0877 e. The summed E-state index contributed by atoms with van der Waals surface area (Å²) in [6.07, 6.45) is 56.7. The summed E-state index contributed by atoms with van der Waals surface area (Å²) in [5.41, 5.74) is 0. The summed E-state index contributed by atoms with van der Waals surface area (Å²) in [4.78, 5) is 0. The summed E-state index contributed by atoms with van der Waals surface area (Å²) in [7, 11) is -1.89. The van der Waals surface area contributed by atoms with Gasteiger partial charge in [-0.2, -0.15) is 0 Å². The first-order chi connectivity index (χ1) is 25.4. The molecule has 0 aliphatic heterocycles. The minimum Gasteiger partial charge on any atom is -0.324 e. The van der Waals surface area contributed by atoms with Gasteiger partial charge in [0.25, 0.3) is 0 Å². The summed E-state index contributed by atoms with van der Waals surface area (Å²) in [5, 5.41) is 0. The fourth-order valence-electron chi connectivity index (χ4n) is 7.75. The Bertz CT molecular complexity index is 596. The third-order valence-electron chi connectivity index (χ3n) is 11.5. The van der Waals surface area contributed by atoms with E-state index in [1.54, 1.807) is 0 Å². The van der Waals surface area contributed by atoms with Crippen molar-refractivity contribution in [1.82, 2.24) is 0 Å². The molecule has 316 valence electrons. The predicted octanol–water partition coefficient (Wildman–Crippen LogP) is 19.0. The zero-order valence-corrected chi connectivity index (χ0v) is 40.0. The molecule has 0 saturated heterocycles. The van der Waals surface area contributed by atoms with Crippen LogP contribution in [0.5, 0.6) is 0 Å². The molecule has 4 heteroatoms. The van der Waals surface area contributed by atoms with Crippen molar-refractivity contribution in [3.05, 3.63) is 0 Å². The van der Waals surface area contributed by atoms with E-state index >= 15 is 0 Å². The average molecular weight is 789 g/mol. The van der Waals surface area contributed by atoms with Crippen LogP contribution in [0.15, 0.2) is 0 Å². The lowest BCUT2D eigenvalue weighted by atomic mass is 10.1. The van der Waals surface area contributed by atoms with E-state index in [1.807, 2.05) is 0 Å². The Morgan fingerprint density at radius 1 is 0.250 bits per heavy atom. The van der Waals surface area contributed by atoms with E-state index in [1.165, 1.54) is 250 Å². The third-order valence-corrected chi connectivity index (χ3v) is 19.9. The quantitative estimate of drug-likeness (QED) is 0.0453. The van der Waals surface area contributed by atoms with Crippen molar-refractivity contribution in [3.63, 3.8) is 0 Å². The first kappa shape index (κ1) is 55.0. The molecule has 0 N–H and O–H groups in total. The predicted molar refractivity (Wildman–Crippen MR) is 251 cm³/mol. The van der Waals surface area contributed by atoms with Crippen molar-refractivity contribution < 1.29 is 4.57 Å². The molecule has 0 atom stereocenters. The Kier molecular flexibility index (Phi) is 47.1. The van der Waals surface area contributed by atoms with Gasteiger partial charge in [-0.25, -0.2) is 0 Å². The molecule has 0 radical (unpaired) electrons. The van der Waals surface area contributed by atoms with Crippen LogP contribution in [0.25, 0.3) is 0 Å². The van der Waals surface area contributed by atoms with E-state index in [2.05, 4.69) is 41.5 Å². The molecule has 0 aromatic carbocycles. The van der Waals surface area contributed by atoms with Crippen LogP contribution in [0.1, 0.15) is 273 Å². The van der Waals surface area contributed by atoms with Gasteiger partial charge in [-0.05, 0) is 63.0 Å². The number of unbranched alkanes of at least 4 members (excludes halogenated alkanes) is 30. The van der Waals surface area contributed by atoms with E-state index in [9.17, 15) is 4.57 Å². The number of hydrogen-bond donors (Lipinski definition) is 0. The van der Waals surface area contributed by atoms with E-state index in [0.29, 0.717) is 0 Å². The molecule has 0 saturated carbocycles. The van der Waals surface area contributed by atoms with Crippen LogP contribution < -0.4 is 0 Å². The molecule has 0 aromatic rings. The second-order valence-corrected chi connectivity index (χ2v) is 26.3. The monoisotopic (exact) mass is 789 g/mol. The van der Waals surface area contributed by atoms with Crippen molar-refractivity contribution in [1.29, 1.82) is 0 Å². The Morgan fingerprint density at radius 3 is 0.596 bits per heavy atom. The molecule has 0 rings (SSSR count). The highest BCUT2D eigenvalue weighted by molar-refractivity contribution is 8.14. The van der Waals surface area contributed by atoms with E-state index in [0.717, 1.165) is 18.5 Å². The number of rotatable bonds is 42. The molecule has 0 bridgehead atoms. The third kappa shape index (κ3) is 42.0. The smallest absolute Gasteiger partial charge is 0.0877 e. The molecule has 0 fully saturated rings. The second kappa shape index (κ2) is 44.6. The average Bonchev–Trinajstić information content (AvgIpc) is 3.14. The molecular formula is C48H102OP2S. The maximum atomic E-state index is 13.5. The van der Waals surface area contributed by atoms with Gasteiger partial charge in [0, 0.05) is 18.5 Å². The highest BCUT2D eigenvalue weighted by Gasteiger charge is 2.20. The topological polar surface area (TPSA) is 17.1 Å². The van der Waals surface area contributed by atoms with Crippen molar-refractivity contribution in [2.75, 3.05) is 37.0 Å². The lowest BCUT2D eigenvalue weighted by molar-refractivity contribution is 0.555. The zero-order chi connectivity index (χ0) is 38.7. The molecular weight excluding hydrogens is 687 g/mol. The van der Waals surface area contributed by atoms with Crippen LogP contribution in [-0.4, -0.2) is 37.0 Å². The van der Waals surface area contributed by atoms with Gasteiger partial charge in [0.05, 0.1) is 7.14 Å². The molecule has 0 aliphatic rings. The summed E-state index contributed by atoms with van der Waals surface area (Å²) in [6, 6.07) is -1.05. The van der Waals surface area contributed by atoms with E-state index < -0.39 is 13.2 Å². The van der Waals surface area contributed by atoms with Crippen LogP contribution in [0, 0.1) is 0 Å². The molecule has 0 unspecified atom stereocenters. The van der Waals surface area contributed by atoms with Crippen LogP contribution in [-0.2, 0) is 16.4 Å². The van der Waals surface area contributed by atoms with Gasteiger partial charge in [0.15, 0.2) is 0 Å². The highest BCUT2D eigenvalue weighted by atomic mass is 32.4. The normalized spacial score (nSPS) is 12.0. The standard InChI is InChI=1S/C24H51OP.C24H51PS/c1-4-7-10-13-16-19-22-26(25,23-20-17-14-11-8-5-2)24-21-18-15-12-9-6-3;1-4-7-10-13-16-19-22-25(26,23-20-17-14-11-8-5-2)24-21-18-15-12-9-6-3/h2*4-24H2,1-3H3. The molecule has 0 amide bonds. The van der Waals surface area contributed by atoms with Gasteiger partial charge in [0.1, 0.15) is 0 Å². The van der Waals surface area contributed by atoms with Gasteiger partial charge < -0.3 is 4.57 Å². The summed E-state index contributed by atoms with van der Waals surface area (Å²) < 4.78 is 13.5. The van der Waals surface area contributed by atoms with E-state index in [4.69, 9.17) is 11.8 Å². The molecule has 1 nitrogen and oxygen atoms in total. The molecule has 0 aliphatic carbocycles. The number of hydrogen-bond acceptors (Lipinski definition) is 2. The first-order valence-electron chi connectivity index (χ1n) is 24.5. The minimum absolute atomic E-state index is 1.04. The summed E-state index contributed by atoms with van der Waals surface area (Å²) in [5.74, 6) is 0. The lowest BCUT2D eigenvalue weighted by Crippen LogP contribution is -2.02. The fourth-order valence-corrected chi connectivity index (χ4v) is 15.1.